The maximum absolute atomic E-state index is 13.9. The van der Waals surface area contributed by atoms with E-state index >= 15 is 0 Å². The fourth-order valence-electron chi connectivity index (χ4n) is 4.64. The highest BCUT2D eigenvalue weighted by Gasteiger charge is 2.36. The molecule has 2 aromatic heterocycles. The largest absolute Gasteiger partial charge is 0.351 e. The zero-order valence-electron chi connectivity index (χ0n) is 20.4. The summed E-state index contributed by atoms with van der Waals surface area (Å²) in [7, 11) is 0. The maximum Gasteiger partial charge on any atom is 0.251 e. The van der Waals surface area contributed by atoms with Crippen LogP contribution in [0, 0.1) is 12.7 Å². The van der Waals surface area contributed by atoms with Gasteiger partial charge in [0.1, 0.15) is 18.4 Å². The number of carbonyl (C=O) groups excluding carboxylic acids is 2. The molecule has 1 N–H and O–H groups in total. The van der Waals surface area contributed by atoms with E-state index in [2.05, 4.69) is 20.7 Å². The van der Waals surface area contributed by atoms with Crippen molar-refractivity contribution in [2.24, 2.45) is 0 Å². The predicted octanol–water partition coefficient (Wildman–Crippen LogP) is 4.68. The normalized spacial score (nSPS) is 14.4. The number of anilines is 1. The molecule has 8 nitrogen and oxygen atoms in total. The summed E-state index contributed by atoms with van der Waals surface area (Å²) in [5.74, 6) is -0.637. The predicted molar refractivity (Wildman–Crippen MR) is 139 cm³/mol. The number of aromatic nitrogens is 4. The van der Waals surface area contributed by atoms with E-state index in [9.17, 15) is 14.0 Å². The monoisotopic (exact) mass is 518 g/mol. The Morgan fingerprint density at radius 3 is 2.57 bits per heavy atom. The van der Waals surface area contributed by atoms with E-state index in [1.165, 1.54) is 28.3 Å². The van der Waals surface area contributed by atoms with Crippen LogP contribution in [0.3, 0.4) is 0 Å². The number of para-hydroxylation sites is 1. The number of nitrogens with one attached hydrogen (secondary N) is 1. The summed E-state index contributed by atoms with van der Waals surface area (Å²) in [5, 5.41) is 17.5. The molecule has 2 amide bonds. The molecule has 4 aromatic rings. The Bertz CT molecular complexity index is 1370. The Hall–Kier alpha value is -3.92. The van der Waals surface area contributed by atoms with E-state index in [4.69, 9.17) is 0 Å². The van der Waals surface area contributed by atoms with Gasteiger partial charge in [0.05, 0.1) is 0 Å². The number of aryl methyl sites for hydroxylation is 1. The van der Waals surface area contributed by atoms with Gasteiger partial charge in [-0.1, -0.05) is 37.1 Å². The van der Waals surface area contributed by atoms with Gasteiger partial charge in [0.15, 0.2) is 0 Å². The summed E-state index contributed by atoms with van der Waals surface area (Å²) in [5.41, 5.74) is 2.10. The lowest BCUT2D eigenvalue weighted by Gasteiger charge is -2.32. The van der Waals surface area contributed by atoms with Crippen LogP contribution in [-0.2, 0) is 16.1 Å². The van der Waals surface area contributed by atoms with Crippen LogP contribution in [-0.4, -0.2) is 38.1 Å². The molecule has 1 unspecified atom stereocenters. The average Bonchev–Trinajstić information content (AvgIpc) is 3.67. The number of amides is 2. The van der Waals surface area contributed by atoms with Crippen molar-refractivity contribution in [2.75, 3.05) is 4.90 Å². The Morgan fingerprint density at radius 2 is 1.86 bits per heavy atom. The van der Waals surface area contributed by atoms with Gasteiger partial charge in [-0.15, -0.1) is 21.5 Å². The van der Waals surface area contributed by atoms with Crippen LogP contribution in [0.15, 0.2) is 66.0 Å². The first-order chi connectivity index (χ1) is 18.0. The van der Waals surface area contributed by atoms with Crippen LogP contribution in [0.1, 0.15) is 42.2 Å². The van der Waals surface area contributed by atoms with Crippen LogP contribution in [0.4, 0.5) is 10.1 Å². The van der Waals surface area contributed by atoms with Crippen molar-refractivity contribution >= 4 is 28.8 Å². The summed E-state index contributed by atoms with van der Waals surface area (Å²) in [6, 6.07) is 16.3. The first kappa shape index (κ1) is 24.8. The minimum atomic E-state index is -0.839. The van der Waals surface area contributed by atoms with Crippen molar-refractivity contribution in [3.8, 4) is 11.4 Å². The van der Waals surface area contributed by atoms with Crippen molar-refractivity contribution < 1.29 is 14.0 Å². The molecule has 2 heterocycles. The zero-order chi connectivity index (χ0) is 25.8. The highest BCUT2D eigenvalue weighted by atomic mass is 32.1. The number of carbonyl (C=O) groups is 2. The Kier molecular flexibility index (Phi) is 7.36. The fourth-order valence-corrected chi connectivity index (χ4v) is 5.46. The zero-order valence-corrected chi connectivity index (χ0v) is 21.2. The fraction of sp³-hybridized carbons (Fsp3) is 0.296. The summed E-state index contributed by atoms with van der Waals surface area (Å²) in [6.45, 7) is 1.69. The van der Waals surface area contributed by atoms with E-state index in [0.29, 0.717) is 11.3 Å². The second-order valence-corrected chi connectivity index (χ2v) is 10.1. The van der Waals surface area contributed by atoms with Crippen LogP contribution >= 0.6 is 11.3 Å². The molecular weight excluding hydrogens is 491 g/mol. The van der Waals surface area contributed by atoms with Crippen molar-refractivity contribution in [1.82, 2.24) is 25.5 Å². The van der Waals surface area contributed by atoms with Crippen LogP contribution in [0.2, 0.25) is 0 Å². The quantitative estimate of drug-likeness (QED) is 0.366. The molecule has 5 rings (SSSR count). The van der Waals surface area contributed by atoms with Crippen LogP contribution < -0.4 is 10.2 Å². The summed E-state index contributed by atoms with van der Waals surface area (Å²) < 4.78 is 13.3. The van der Waals surface area contributed by atoms with Gasteiger partial charge in [0.25, 0.3) is 5.91 Å². The molecule has 0 bridgehead atoms. The first-order valence-corrected chi connectivity index (χ1v) is 13.1. The third kappa shape index (κ3) is 5.59. The van der Waals surface area contributed by atoms with Gasteiger partial charge in [-0.3, -0.25) is 14.5 Å². The molecular formula is C27H27FN6O2S. The number of nitrogens with zero attached hydrogens (tertiary/aromatic N) is 5. The lowest BCUT2D eigenvalue weighted by molar-refractivity contribution is -0.127. The average molecular weight is 519 g/mol. The summed E-state index contributed by atoms with van der Waals surface area (Å²) >= 11 is 1.44. The molecule has 0 saturated heterocycles. The molecule has 10 heteroatoms. The third-order valence-electron chi connectivity index (χ3n) is 6.50. The second-order valence-electron chi connectivity index (χ2n) is 9.11. The molecule has 37 heavy (non-hydrogen) atoms. The number of hydrogen-bond acceptors (Lipinski definition) is 6. The van der Waals surface area contributed by atoms with Crippen molar-refractivity contribution in [3.63, 3.8) is 0 Å². The Morgan fingerprint density at radius 1 is 1.11 bits per heavy atom. The third-order valence-corrected chi connectivity index (χ3v) is 7.42. The number of hydrogen-bond donors (Lipinski definition) is 1. The molecule has 1 fully saturated rings. The SMILES string of the molecule is Cc1ccccc1N(C(=O)Cn1nnc(-c2ccc(F)cc2)n1)C(C(=O)NC1CCCC1)c1cccs1. The highest BCUT2D eigenvalue weighted by Crippen LogP contribution is 2.33. The highest BCUT2D eigenvalue weighted by molar-refractivity contribution is 7.10. The number of halogens is 1. The Balaban J connectivity index is 1.48. The molecule has 1 aliphatic rings. The van der Waals surface area contributed by atoms with E-state index < -0.39 is 6.04 Å². The molecule has 0 radical (unpaired) electrons. The maximum atomic E-state index is 13.9. The van der Waals surface area contributed by atoms with Gasteiger partial charge in [-0.25, -0.2) is 4.39 Å². The lowest BCUT2D eigenvalue weighted by atomic mass is 10.1. The smallest absolute Gasteiger partial charge is 0.251 e. The van der Waals surface area contributed by atoms with Gasteiger partial charge in [-0.05, 0) is 72.3 Å². The molecule has 1 saturated carbocycles. The topological polar surface area (TPSA) is 93.0 Å². The number of tetrazole rings is 1. The summed E-state index contributed by atoms with van der Waals surface area (Å²) in [4.78, 5) is 31.1. The number of rotatable bonds is 8. The summed E-state index contributed by atoms with van der Waals surface area (Å²) in [6.07, 6.45) is 4.05. The van der Waals surface area contributed by atoms with Crippen molar-refractivity contribution in [3.05, 3.63) is 82.3 Å². The second kappa shape index (κ2) is 11.0. The van der Waals surface area contributed by atoms with Gasteiger partial charge < -0.3 is 5.32 Å². The van der Waals surface area contributed by atoms with Crippen molar-refractivity contribution in [1.29, 1.82) is 0 Å². The lowest BCUT2D eigenvalue weighted by Crippen LogP contribution is -2.47. The number of benzene rings is 2. The van der Waals surface area contributed by atoms with Gasteiger partial charge in [0, 0.05) is 22.2 Å². The molecule has 0 aliphatic heterocycles. The van der Waals surface area contributed by atoms with E-state index in [0.717, 1.165) is 36.1 Å². The van der Waals surface area contributed by atoms with Crippen LogP contribution in [0.5, 0.6) is 0 Å². The van der Waals surface area contributed by atoms with Crippen LogP contribution in [0.25, 0.3) is 11.4 Å². The van der Waals surface area contributed by atoms with Gasteiger partial charge in [-0.2, -0.15) is 4.80 Å². The minimum Gasteiger partial charge on any atom is -0.351 e. The van der Waals surface area contributed by atoms with E-state index in [1.807, 2.05) is 48.7 Å². The van der Waals surface area contributed by atoms with E-state index in [-0.39, 0.29) is 36.0 Å². The molecule has 190 valence electrons. The molecule has 1 atom stereocenters. The molecule has 0 spiro atoms. The van der Waals surface area contributed by atoms with Crippen molar-refractivity contribution in [2.45, 2.75) is 51.2 Å². The Labute approximate surface area is 218 Å². The number of thiophene rings is 1. The van der Waals surface area contributed by atoms with Gasteiger partial charge in [0.2, 0.25) is 11.7 Å². The van der Waals surface area contributed by atoms with E-state index in [1.54, 1.807) is 17.0 Å². The van der Waals surface area contributed by atoms with Gasteiger partial charge >= 0.3 is 0 Å². The minimum absolute atomic E-state index is 0.110. The molecule has 2 aromatic carbocycles. The first-order valence-electron chi connectivity index (χ1n) is 12.2. The standard InChI is InChI=1S/C27H27FN6O2S/c1-18-7-2-5-10-22(18)34(25(23-11-6-16-37-23)27(36)29-21-8-3-4-9-21)24(35)17-33-31-26(30-32-33)19-12-14-20(28)15-13-19/h2,5-7,10-16,21,25H,3-4,8-9,17H2,1H3,(H,29,36). The molecule has 1 aliphatic carbocycles.